The van der Waals surface area contributed by atoms with Gasteiger partial charge in [0, 0.05) is 37.3 Å². The first-order chi connectivity index (χ1) is 13.5. The first-order valence-electron chi connectivity index (χ1n) is 9.40. The molecule has 2 aromatic rings. The molecule has 0 amide bonds. The topological polar surface area (TPSA) is 75.5 Å². The third kappa shape index (κ3) is 4.74. The number of rotatable bonds is 7. The van der Waals surface area contributed by atoms with E-state index in [0.717, 1.165) is 6.42 Å². The molecule has 28 heavy (non-hydrogen) atoms. The van der Waals surface area contributed by atoms with Gasteiger partial charge in [0.1, 0.15) is 17.3 Å². The van der Waals surface area contributed by atoms with Crippen LogP contribution in [-0.4, -0.2) is 40.7 Å². The molecule has 0 saturated carbocycles. The highest BCUT2D eigenvalue weighted by Gasteiger charge is 2.26. The van der Waals surface area contributed by atoms with Gasteiger partial charge in [-0.25, -0.2) is 13.8 Å². The Morgan fingerprint density at radius 1 is 1.29 bits per heavy atom. The van der Waals surface area contributed by atoms with Crippen LogP contribution >= 0.6 is 0 Å². The summed E-state index contributed by atoms with van der Waals surface area (Å²) in [6.07, 6.45) is 3.58. The molecule has 0 atom stereocenters. The van der Waals surface area contributed by atoms with E-state index in [0.29, 0.717) is 38.4 Å². The van der Waals surface area contributed by atoms with E-state index in [-0.39, 0.29) is 29.4 Å². The van der Waals surface area contributed by atoms with Crippen molar-refractivity contribution in [1.29, 1.82) is 0 Å². The second-order valence-electron chi connectivity index (χ2n) is 6.88. The van der Waals surface area contributed by atoms with Crippen LogP contribution in [-0.2, 0) is 4.79 Å². The molecular formula is C20H23F2N3O3. The van der Waals surface area contributed by atoms with Crippen molar-refractivity contribution in [3.63, 3.8) is 0 Å². The summed E-state index contributed by atoms with van der Waals surface area (Å²) < 4.78 is 34.9. The molecular weight excluding hydrogens is 368 g/mol. The van der Waals surface area contributed by atoms with Gasteiger partial charge in [0.15, 0.2) is 5.82 Å². The Balaban J connectivity index is 1.78. The van der Waals surface area contributed by atoms with Gasteiger partial charge >= 0.3 is 5.97 Å². The number of nitrogens with zero attached hydrogens (tertiary/aromatic N) is 3. The van der Waals surface area contributed by atoms with Crippen molar-refractivity contribution in [1.82, 2.24) is 9.97 Å². The average molecular weight is 391 g/mol. The van der Waals surface area contributed by atoms with Crippen molar-refractivity contribution < 1.29 is 23.4 Å². The van der Waals surface area contributed by atoms with Gasteiger partial charge in [-0.15, -0.1) is 0 Å². The number of carboxylic acids is 1. The number of ether oxygens (including phenoxy) is 1. The summed E-state index contributed by atoms with van der Waals surface area (Å²) in [6, 6.07) is 4.04. The summed E-state index contributed by atoms with van der Waals surface area (Å²) in [5.41, 5.74) is 0.150. The zero-order valence-corrected chi connectivity index (χ0v) is 15.7. The van der Waals surface area contributed by atoms with Gasteiger partial charge in [-0.1, -0.05) is 6.92 Å². The number of benzene rings is 1. The van der Waals surface area contributed by atoms with Crippen LogP contribution < -0.4 is 9.64 Å². The van der Waals surface area contributed by atoms with Crippen LogP contribution in [0.2, 0.25) is 0 Å². The minimum absolute atomic E-state index is 0.0402. The van der Waals surface area contributed by atoms with Crippen LogP contribution in [0.15, 0.2) is 24.4 Å². The molecule has 6 nitrogen and oxygen atoms in total. The zero-order valence-electron chi connectivity index (χ0n) is 15.7. The Kier molecular flexibility index (Phi) is 6.38. The number of hydrogen-bond acceptors (Lipinski definition) is 5. The minimum atomic E-state index is -0.842. The third-order valence-electron chi connectivity index (χ3n) is 4.75. The molecule has 3 rings (SSSR count). The molecule has 150 valence electrons. The van der Waals surface area contributed by atoms with Gasteiger partial charge in [-0.2, -0.15) is 4.98 Å². The molecule has 2 heterocycles. The van der Waals surface area contributed by atoms with E-state index in [1.165, 1.54) is 18.3 Å². The average Bonchev–Trinajstić information content (AvgIpc) is 2.67. The Morgan fingerprint density at radius 3 is 2.57 bits per heavy atom. The van der Waals surface area contributed by atoms with Gasteiger partial charge < -0.3 is 14.7 Å². The Hall–Kier alpha value is -2.77. The monoisotopic (exact) mass is 391 g/mol. The maximum absolute atomic E-state index is 14.7. The zero-order chi connectivity index (χ0) is 20.1. The van der Waals surface area contributed by atoms with Gasteiger partial charge in [-0.05, 0) is 37.3 Å². The highest BCUT2D eigenvalue weighted by Crippen LogP contribution is 2.32. The van der Waals surface area contributed by atoms with Crippen LogP contribution in [0.3, 0.4) is 0 Å². The number of anilines is 1. The normalized spacial score (nSPS) is 14.9. The third-order valence-corrected chi connectivity index (χ3v) is 4.75. The molecule has 0 aliphatic carbocycles. The maximum atomic E-state index is 14.7. The number of carbonyl (C=O) groups is 1. The van der Waals surface area contributed by atoms with Crippen molar-refractivity contribution >= 4 is 11.7 Å². The summed E-state index contributed by atoms with van der Waals surface area (Å²) in [6.45, 7) is 3.30. The van der Waals surface area contributed by atoms with Crippen molar-refractivity contribution in [3.05, 3.63) is 36.0 Å². The minimum Gasteiger partial charge on any atom is -0.481 e. The Bertz CT molecular complexity index is 816. The largest absolute Gasteiger partial charge is 0.481 e. The number of hydrogen-bond donors (Lipinski definition) is 1. The molecule has 1 aliphatic rings. The van der Waals surface area contributed by atoms with E-state index < -0.39 is 17.6 Å². The lowest BCUT2D eigenvalue weighted by atomic mass is 9.93. The fourth-order valence-corrected chi connectivity index (χ4v) is 3.37. The number of piperidine rings is 1. The maximum Gasteiger partial charge on any atom is 0.303 e. The molecule has 0 unspecified atom stereocenters. The highest BCUT2D eigenvalue weighted by molar-refractivity contribution is 5.67. The molecule has 0 bridgehead atoms. The fourth-order valence-electron chi connectivity index (χ4n) is 3.37. The Labute approximate surface area is 162 Å². The van der Waals surface area contributed by atoms with E-state index in [4.69, 9.17) is 9.84 Å². The fraction of sp³-hybridized carbons (Fsp3) is 0.450. The number of aliphatic carboxylic acids is 1. The van der Waals surface area contributed by atoms with Gasteiger partial charge in [-0.3, -0.25) is 4.79 Å². The lowest BCUT2D eigenvalue weighted by molar-refractivity contribution is -0.138. The van der Waals surface area contributed by atoms with Crippen molar-refractivity contribution in [2.45, 2.75) is 32.6 Å². The summed E-state index contributed by atoms with van der Waals surface area (Å²) in [7, 11) is 0. The molecule has 0 spiro atoms. The van der Waals surface area contributed by atoms with E-state index >= 15 is 0 Å². The second-order valence-corrected chi connectivity index (χ2v) is 6.88. The second kappa shape index (κ2) is 8.95. The number of aromatic nitrogens is 2. The van der Waals surface area contributed by atoms with Crippen LogP contribution in [0.25, 0.3) is 11.4 Å². The molecule has 1 aromatic carbocycles. The standard InChI is InChI=1S/C20H23F2N3O3/c1-2-9-28-17-3-6-23-20(24-17)14-11-15(21)19(16(22)12-14)25-7-4-13(5-8-25)10-18(26)27/h3,6,11-13H,2,4-5,7-10H2,1H3,(H,26,27). The van der Waals surface area contributed by atoms with E-state index in [1.54, 1.807) is 11.0 Å². The SMILES string of the molecule is CCCOc1ccnc(-c2cc(F)c(N3CCC(CC(=O)O)CC3)c(F)c2)n1. The van der Waals surface area contributed by atoms with Gasteiger partial charge in [0.25, 0.3) is 0 Å². The lowest BCUT2D eigenvalue weighted by Gasteiger charge is -2.33. The van der Waals surface area contributed by atoms with Crippen LogP contribution in [0.5, 0.6) is 5.88 Å². The van der Waals surface area contributed by atoms with Crippen LogP contribution in [0.1, 0.15) is 32.6 Å². The van der Waals surface area contributed by atoms with Crippen molar-refractivity contribution in [2.75, 3.05) is 24.6 Å². The number of carboxylic acid groups (broad SMARTS) is 1. The van der Waals surface area contributed by atoms with Crippen LogP contribution in [0, 0.1) is 17.6 Å². The molecule has 0 radical (unpaired) electrons. The highest BCUT2D eigenvalue weighted by atomic mass is 19.1. The van der Waals surface area contributed by atoms with E-state index in [2.05, 4.69) is 9.97 Å². The van der Waals surface area contributed by atoms with Crippen molar-refractivity contribution in [2.24, 2.45) is 5.92 Å². The van der Waals surface area contributed by atoms with E-state index in [9.17, 15) is 13.6 Å². The number of halogens is 2. The molecule has 1 saturated heterocycles. The molecule has 1 aromatic heterocycles. The summed E-state index contributed by atoms with van der Waals surface area (Å²) in [4.78, 5) is 20.8. The first-order valence-corrected chi connectivity index (χ1v) is 9.40. The summed E-state index contributed by atoms with van der Waals surface area (Å²) in [5.74, 6) is -1.62. The smallest absolute Gasteiger partial charge is 0.303 e. The quantitative estimate of drug-likeness (QED) is 0.772. The molecule has 1 aliphatic heterocycles. The van der Waals surface area contributed by atoms with Gasteiger partial charge in [0.05, 0.1) is 6.61 Å². The molecule has 8 heteroatoms. The Morgan fingerprint density at radius 2 is 1.96 bits per heavy atom. The molecule has 1 fully saturated rings. The van der Waals surface area contributed by atoms with Crippen molar-refractivity contribution in [3.8, 4) is 17.3 Å². The lowest BCUT2D eigenvalue weighted by Crippen LogP contribution is -2.35. The van der Waals surface area contributed by atoms with E-state index in [1.807, 2.05) is 6.92 Å². The van der Waals surface area contributed by atoms with Gasteiger partial charge in [0.2, 0.25) is 5.88 Å². The van der Waals surface area contributed by atoms with Crippen LogP contribution in [0.4, 0.5) is 14.5 Å². The first kappa shape index (κ1) is 20.0. The summed E-state index contributed by atoms with van der Waals surface area (Å²) >= 11 is 0. The predicted octanol–water partition coefficient (Wildman–Crippen LogP) is 3.90. The summed E-state index contributed by atoms with van der Waals surface area (Å²) in [5, 5.41) is 8.89. The molecule has 1 N–H and O–H groups in total. The predicted molar refractivity (Wildman–Crippen MR) is 100 cm³/mol.